The van der Waals surface area contributed by atoms with Gasteiger partial charge in [0.25, 0.3) is 5.91 Å². The van der Waals surface area contributed by atoms with Crippen LogP contribution in [0, 0.1) is 0 Å². The van der Waals surface area contributed by atoms with E-state index in [4.69, 9.17) is 4.74 Å². The molecule has 0 bridgehead atoms. The van der Waals surface area contributed by atoms with E-state index in [1.807, 2.05) is 6.07 Å². The van der Waals surface area contributed by atoms with E-state index >= 15 is 0 Å². The lowest BCUT2D eigenvalue weighted by atomic mass is 10.1. The third-order valence-corrected chi connectivity index (χ3v) is 3.06. The minimum Gasteiger partial charge on any atom is -0.465 e. The van der Waals surface area contributed by atoms with Crippen LogP contribution < -0.4 is 10.3 Å². The van der Waals surface area contributed by atoms with E-state index in [9.17, 15) is 14.4 Å². The first kappa shape index (κ1) is 15.7. The highest BCUT2D eigenvalue weighted by molar-refractivity contribution is 6.44. The van der Waals surface area contributed by atoms with Gasteiger partial charge in [0.2, 0.25) is 5.91 Å². The monoisotopic (exact) mass is 303 g/mol. The number of nitrogens with zero attached hydrogens (tertiary/aromatic N) is 2. The molecule has 0 atom stereocenters. The maximum Gasteiger partial charge on any atom is 0.326 e. The minimum atomic E-state index is -0.500. The Bertz CT molecular complexity index is 598. The van der Waals surface area contributed by atoms with Crippen LogP contribution in [0.5, 0.6) is 0 Å². The van der Waals surface area contributed by atoms with Gasteiger partial charge < -0.3 is 4.74 Å². The van der Waals surface area contributed by atoms with Crippen LogP contribution in [-0.2, 0) is 19.1 Å². The van der Waals surface area contributed by atoms with Gasteiger partial charge in [0.1, 0.15) is 12.3 Å². The molecule has 22 heavy (non-hydrogen) atoms. The first-order valence-corrected chi connectivity index (χ1v) is 6.99. The number of rotatable bonds is 5. The number of para-hydroxylation sites is 1. The maximum atomic E-state index is 12.6. The van der Waals surface area contributed by atoms with Crippen LogP contribution in [0.2, 0.25) is 0 Å². The van der Waals surface area contributed by atoms with E-state index in [1.54, 1.807) is 31.2 Å². The number of carbonyl (C=O) groups is 3. The first-order valence-electron chi connectivity index (χ1n) is 6.99. The summed E-state index contributed by atoms with van der Waals surface area (Å²) in [6, 6.07) is 8.80. The van der Waals surface area contributed by atoms with Gasteiger partial charge >= 0.3 is 5.97 Å². The maximum absolute atomic E-state index is 12.6. The van der Waals surface area contributed by atoms with Gasteiger partial charge in [0.15, 0.2) is 0 Å². The highest BCUT2D eigenvalue weighted by atomic mass is 16.5. The van der Waals surface area contributed by atoms with Gasteiger partial charge in [0, 0.05) is 18.5 Å². The number of benzene rings is 1. The summed E-state index contributed by atoms with van der Waals surface area (Å²) in [5.41, 5.74) is 3.07. The standard InChI is InChI=1S/C15H17N3O4/c1-2-22-14(20)10-18(11-6-4-3-5-7-11)15(21)12-8-9-13(19)17-16-12/h3-7H,2,8-10H2,1H3,(H,17,19). The number of carbonyl (C=O) groups excluding carboxylic acids is 3. The normalized spacial score (nSPS) is 13.9. The number of esters is 1. The van der Waals surface area contributed by atoms with Crippen LogP contribution >= 0.6 is 0 Å². The van der Waals surface area contributed by atoms with Crippen LogP contribution in [0.4, 0.5) is 5.69 Å². The SMILES string of the molecule is CCOC(=O)CN(C(=O)C1=NNC(=O)CC1)c1ccccc1. The van der Waals surface area contributed by atoms with E-state index in [0.29, 0.717) is 5.69 Å². The molecule has 0 unspecified atom stereocenters. The highest BCUT2D eigenvalue weighted by Crippen LogP contribution is 2.15. The highest BCUT2D eigenvalue weighted by Gasteiger charge is 2.26. The molecule has 0 radical (unpaired) electrons. The van der Waals surface area contributed by atoms with E-state index in [0.717, 1.165) is 0 Å². The summed E-state index contributed by atoms with van der Waals surface area (Å²) in [6.07, 6.45) is 0.448. The van der Waals surface area contributed by atoms with Crippen molar-refractivity contribution < 1.29 is 19.1 Å². The van der Waals surface area contributed by atoms with Crippen LogP contribution in [-0.4, -0.2) is 36.6 Å². The summed E-state index contributed by atoms with van der Waals surface area (Å²) in [4.78, 5) is 36.7. The second-order valence-electron chi connectivity index (χ2n) is 4.63. The zero-order chi connectivity index (χ0) is 15.9. The van der Waals surface area contributed by atoms with Crippen LogP contribution in [0.3, 0.4) is 0 Å². The van der Waals surface area contributed by atoms with Gasteiger partial charge in [-0.2, -0.15) is 5.10 Å². The Morgan fingerprint density at radius 2 is 2.00 bits per heavy atom. The van der Waals surface area contributed by atoms with E-state index in [1.165, 1.54) is 4.90 Å². The van der Waals surface area contributed by atoms with Crippen LogP contribution in [0.1, 0.15) is 19.8 Å². The van der Waals surface area contributed by atoms with Gasteiger partial charge in [-0.25, -0.2) is 5.43 Å². The summed E-state index contributed by atoms with van der Waals surface area (Å²) < 4.78 is 4.91. The van der Waals surface area contributed by atoms with Crippen LogP contribution in [0.15, 0.2) is 35.4 Å². The predicted molar refractivity (Wildman–Crippen MR) is 80.2 cm³/mol. The third kappa shape index (κ3) is 3.91. The Balaban J connectivity index is 2.22. The largest absolute Gasteiger partial charge is 0.465 e. The van der Waals surface area contributed by atoms with Crippen LogP contribution in [0.25, 0.3) is 0 Å². The molecule has 0 aliphatic carbocycles. The fourth-order valence-electron chi connectivity index (χ4n) is 2.01. The number of hydrogen-bond acceptors (Lipinski definition) is 5. The number of nitrogens with one attached hydrogen (secondary N) is 1. The molecule has 2 amide bonds. The Hall–Kier alpha value is -2.70. The average molecular weight is 303 g/mol. The lowest BCUT2D eigenvalue weighted by Crippen LogP contribution is -2.43. The molecule has 1 N–H and O–H groups in total. The number of ether oxygens (including phenoxy) is 1. The molecular formula is C15H17N3O4. The van der Waals surface area contributed by atoms with Crippen molar-refractivity contribution in [1.82, 2.24) is 5.43 Å². The zero-order valence-electron chi connectivity index (χ0n) is 12.2. The first-order chi connectivity index (χ1) is 10.6. The van der Waals surface area contributed by atoms with Crippen molar-refractivity contribution in [3.63, 3.8) is 0 Å². The lowest BCUT2D eigenvalue weighted by Gasteiger charge is -2.23. The van der Waals surface area contributed by atoms with Crippen molar-refractivity contribution >= 4 is 29.2 Å². The molecule has 0 fully saturated rings. The van der Waals surface area contributed by atoms with Crippen molar-refractivity contribution in [2.24, 2.45) is 5.10 Å². The van der Waals surface area contributed by atoms with Crippen molar-refractivity contribution in [3.05, 3.63) is 30.3 Å². The molecule has 0 spiro atoms. The van der Waals surface area contributed by atoms with E-state index in [-0.39, 0.29) is 37.6 Å². The predicted octanol–water partition coefficient (Wildman–Crippen LogP) is 0.849. The minimum absolute atomic E-state index is 0.201. The summed E-state index contributed by atoms with van der Waals surface area (Å²) >= 11 is 0. The van der Waals surface area contributed by atoms with Gasteiger partial charge in [-0.15, -0.1) is 0 Å². The second-order valence-corrected chi connectivity index (χ2v) is 4.63. The van der Waals surface area contributed by atoms with Crippen molar-refractivity contribution in [2.45, 2.75) is 19.8 Å². The van der Waals surface area contributed by atoms with Crippen molar-refractivity contribution in [3.8, 4) is 0 Å². The Morgan fingerprint density at radius 1 is 1.27 bits per heavy atom. The third-order valence-electron chi connectivity index (χ3n) is 3.06. The van der Waals surface area contributed by atoms with Gasteiger partial charge in [-0.05, 0) is 19.1 Å². The molecule has 1 heterocycles. The number of hydrazone groups is 1. The molecule has 1 aromatic carbocycles. The quantitative estimate of drug-likeness (QED) is 0.817. The molecule has 0 saturated heterocycles. The Kier molecular flexibility index (Phi) is 5.24. The Labute approximate surface area is 127 Å². The van der Waals surface area contributed by atoms with Crippen molar-refractivity contribution in [1.29, 1.82) is 0 Å². The number of hydrogen-bond donors (Lipinski definition) is 1. The fourth-order valence-corrected chi connectivity index (χ4v) is 2.01. The second kappa shape index (κ2) is 7.35. The summed E-state index contributed by atoms with van der Waals surface area (Å²) in [5.74, 6) is -1.15. The molecule has 0 aromatic heterocycles. The molecule has 7 nitrogen and oxygen atoms in total. The fraction of sp³-hybridized carbons (Fsp3) is 0.333. The van der Waals surface area contributed by atoms with E-state index in [2.05, 4.69) is 10.5 Å². The summed E-state index contributed by atoms with van der Waals surface area (Å²) in [6.45, 7) is 1.74. The molecule has 7 heteroatoms. The van der Waals surface area contributed by atoms with Gasteiger partial charge in [0.05, 0.1) is 6.61 Å². The molecule has 2 rings (SSSR count). The molecular weight excluding hydrogens is 286 g/mol. The molecule has 1 aromatic rings. The summed E-state index contributed by atoms with van der Waals surface area (Å²) in [7, 11) is 0. The van der Waals surface area contributed by atoms with E-state index < -0.39 is 11.9 Å². The summed E-state index contributed by atoms with van der Waals surface area (Å²) in [5, 5.41) is 3.78. The van der Waals surface area contributed by atoms with Gasteiger partial charge in [-0.3, -0.25) is 19.3 Å². The smallest absolute Gasteiger partial charge is 0.326 e. The zero-order valence-corrected chi connectivity index (χ0v) is 12.2. The molecule has 1 aliphatic heterocycles. The number of anilines is 1. The molecule has 116 valence electrons. The van der Waals surface area contributed by atoms with Gasteiger partial charge in [-0.1, -0.05) is 18.2 Å². The lowest BCUT2D eigenvalue weighted by molar-refractivity contribution is -0.142. The molecule has 0 saturated carbocycles. The number of amides is 2. The topological polar surface area (TPSA) is 88.1 Å². The average Bonchev–Trinajstić information content (AvgIpc) is 2.54. The Morgan fingerprint density at radius 3 is 2.59 bits per heavy atom. The van der Waals surface area contributed by atoms with Crippen molar-refractivity contribution in [2.75, 3.05) is 18.1 Å². The molecule has 1 aliphatic rings.